The summed E-state index contributed by atoms with van der Waals surface area (Å²) in [7, 11) is 0. The second-order valence-corrected chi connectivity index (χ2v) is 4.88. The van der Waals surface area contributed by atoms with E-state index in [9.17, 15) is 0 Å². The van der Waals surface area contributed by atoms with E-state index in [2.05, 4.69) is 31.3 Å². The van der Waals surface area contributed by atoms with Crippen molar-refractivity contribution in [3.05, 3.63) is 35.1 Å². The number of anilines is 1. The zero-order valence-electron chi connectivity index (χ0n) is 9.55. The highest BCUT2D eigenvalue weighted by atomic mass is 79.9. The molecule has 3 N–H and O–H groups in total. The van der Waals surface area contributed by atoms with Crippen LogP contribution in [0.4, 0.5) is 5.82 Å². The fourth-order valence-corrected chi connectivity index (χ4v) is 2.26. The number of nitrogens with one attached hydrogen (secondary N) is 1. The average molecular weight is 327 g/mol. The average Bonchev–Trinajstić information content (AvgIpc) is 2.42. The van der Waals surface area contributed by atoms with Gasteiger partial charge in [0.2, 0.25) is 5.88 Å². The van der Waals surface area contributed by atoms with E-state index in [0.717, 1.165) is 10.6 Å². The van der Waals surface area contributed by atoms with Gasteiger partial charge in [0.15, 0.2) is 5.82 Å². The fraction of sp³-hybridized carbons (Fsp3) is 0.0909. The highest BCUT2D eigenvalue weighted by Gasteiger charge is 2.11. The summed E-state index contributed by atoms with van der Waals surface area (Å²) in [5, 5.41) is 0. The number of thioether (sulfide) groups is 1. The summed E-state index contributed by atoms with van der Waals surface area (Å²) in [5.74, 6) is 6.97. The van der Waals surface area contributed by atoms with Gasteiger partial charge in [-0.15, -0.1) is 11.8 Å². The third-order valence-electron chi connectivity index (χ3n) is 2.17. The largest absolute Gasteiger partial charge is 0.436 e. The van der Waals surface area contributed by atoms with Gasteiger partial charge in [-0.2, -0.15) is 0 Å². The molecule has 18 heavy (non-hydrogen) atoms. The number of rotatable bonds is 4. The van der Waals surface area contributed by atoms with Crippen LogP contribution < -0.4 is 16.0 Å². The van der Waals surface area contributed by atoms with Crippen LogP contribution in [0.1, 0.15) is 0 Å². The van der Waals surface area contributed by atoms with E-state index in [1.165, 1.54) is 6.33 Å². The van der Waals surface area contributed by atoms with Crippen LogP contribution >= 0.6 is 27.7 Å². The molecule has 0 unspecified atom stereocenters. The van der Waals surface area contributed by atoms with Crippen LogP contribution in [0.3, 0.4) is 0 Å². The molecule has 0 aliphatic heterocycles. The summed E-state index contributed by atoms with van der Waals surface area (Å²) in [4.78, 5) is 9.07. The summed E-state index contributed by atoms with van der Waals surface area (Å²) in [6, 6.07) is 7.74. The molecule has 0 aliphatic carbocycles. The Hall–Kier alpha value is -1.31. The first-order valence-corrected chi connectivity index (χ1v) is 7.06. The minimum atomic E-state index is 0.416. The van der Waals surface area contributed by atoms with E-state index in [0.29, 0.717) is 16.2 Å². The van der Waals surface area contributed by atoms with Gasteiger partial charge in [-0.25, -0.2) is 15.8 Å². The number of hydrogen-bond acceptors (Lipinski definition) is 6. The minimum Gasteiger partial charge on any atom is -0.436 e. The molecule has 0 atom stereocenters. The summed E-state index contributed by atoms with van der Waals surface area (Å²) in [6.45, 7) is 0. The first kappa shape index (κ1) is 13.1. The smallest absolute Gasteiger partial charge is 0.238 e. The lowest BCUT2D eigenvalue weighted by Gasteiger charge is -2.11. The van der Waals surface area contributed by atoms with Gasteiger partial charge >= 0.3 is 0 Å². The molecule has 0 spiro atoms. The number of aromatic nitrogens is 2. The van der Waals surface area contributed by atoms with Gasteiger partial charge in [0.05, 0.1) is 0 Å². The summed E-state index contributed by atoms with van der Waals surface area (Å²) >= 11 is 4.95. The van der Waals surface area contributed by atoms with Gasteiger partial charge in [0, 0.05) is 4.90 Å². The minimum absolute atomic E-state index is 0.416. The number of halogens is 1. The molecular formula is C11H11BrN4OS. The highest BCUT2D eigenvalue weighted by molar-refractivity contribution is 9.10. The molecule has 0 saturated carbocycles. The van der Waals surface area contributed by atoms with E-state index < -0.39 is 0 Å². The molecule has 1 aromatic heterocycles. The van der Waals surface area contributed by atoms with E-state index >= 15 is 0 Å². The zero-order chi connectivity index (χ0) is 13.0. The molecule has 0 bridgehead atoms. The first-order chi connectivity index (χ1) is 8.76. The fourth-order valence-electron chi connectivity index (χ4n) is 1.33. The van der Waals surface area contributed by atoms with Crippen molar-refractivity contribution in [2.75, 3.05) is 11.7 Å². The molecule has 0 aliphatic rings. The van der Waals surface area contributed by atoms with E-state index in [4.69, 9.17) is 10.6 Å². The monoisotopic (exact) mass is 326 g/mol. The van der Waals surface area contributed by atoms with Crippen LogP contribution in [0.25, 0.3) is 0 Å². The molecule has 0 radical (unpaired) electrons. The number of nitrogens with two attached hydrogens (primary N) is 1. The van der Waals surface area contributed by atoms with Crippen molar-refractivity contribution in [3.63, 3.8) is 0 Å². The Morgan fingerprint density at radius 2 is 2.11 bits per heavy atom. The van der Waals surface area contributed by atoms with Crippen molar-refractivity contribution >= 4 is 33.5 Å². The molecule has 1 aromatic carbocycles. The maximum absolute atomic E-state index is 5.76. The van der Waals surface area contributed by atoms with Gasteiger partial charge in [0.1, 0.15) is 16.5 Å². The summed E-state index contributed by atoms with van der Waals surface area (Å²) in [6.07, 6.45) is 3.38. The Bertz CT molecular complexity index is 552. The van der Waals surface area contributed by atoms with Crippen LogP contribution in [0.2, 0.25) is 0 Å². The maximum Gasteiger partial charge on any atom is 0.238 e. The quantitative estimate of drug-likeness (QED) is 0.511. The molecule has 0 amide bonds. The van der Waals surface area contributed by atoms with Gasteiger partial charge in [-0.3, -0.25) is 0 Å². The Morgan fingerprint density at radius 1 is 1.33 bits per heavy atom. The van der Waals surface area contributed by atoms with Crippen molar-refractivity contribution in [2.24, 2.45) is 5.84 Å². The van der Waals surface area contributed by atoms with Gasteiger partial charge in [0.25, 0.3) is 0 Å². The highest BCUT2D eigenvalue weighted by Crippen LogP contribution is 2.35. The van der Waals surface area contributed by atoms with Crippen LogP contribution in [0.5, 0.6) is 11.6 Å². The van der Waals surface area contributed by atoms with Crippen LogP contribution in [-0.2, 0) is 0 Å². The maximum atomic E-state index is 5.76. The van der Waals surface area contributed by atoms with Gasteiger partial charge < -0.3 is 10.2 Å². The van der Waals surface area contributed by atoms with Crippen molar-refractivity contribution < 1.29 is 4.74 Å². The number of hydrazine groups is 1. The molecule has 5 nitrogen and oxygen atoms in total. The first-order valence-electron chi connectivity index (χ1n) is 5.04. The predicted octanol–water partition coefficient (Wildman–Crippen LogP) is 3.04. The predicted molar refractivity (Wildman–Crippen MR) is 75.8 cm³/mol. The Morgan fingerprint density at radius 3 is 2.83 bits per heavy atom. The normalized spacial score (nSPS) is 10.2. The van der Waals surface area contributed by atoms with Crippen LogP contribution in [0, 0.1) is 0 Å². The third kappa shape index (κ3) is 2.74. The van der Waals surface area contributed by atoms with E-state index in [-0.39, 0.29) is 0 Å². The Labute approximate surface area is 117 Å². The van der Waals surface area contributed by atoms with Crippen molar-refractivity contribution in [2.45, 2.75) is 4.90 Å². The van der Waals surface area contributed by atoms with Crippen molar-refractivity contribution in [1.29, 1.82) is 0 Å². The van der Waals surface area contributed by atoms with Crippen molar-refractivity contribution in [1.82, 2.24) is 9.97 Å². The van der Waals surface area contributed by atoms with E-state index in [1.54, 1.807) is 11.8 Å². The number of nitrogen functional groups attached to an aromatic ring is 1. The lowest BCUT2D eigenvalue weighted by molar-refractivity contribution is 0.448. The molecule has 7 heteroatoms. The Balaban J connectivity index is 2.34. The van der Waals surface area contributed by atoms with Gasteiger partial charge in [-0.1, -0.05) is 12.1 Å². The Kier molecular flexibility index (Phi) is 4.40. The van der Waals surface area contributed by atoms with E-state index in [1.807, 2.05) is 30.5 Å². The molecule has 0 fully saturated rings. The van der Waals surface area contributed by atoms with Crippen molar-refractivity contribution in [3.8, 4) is 11.6 Å². The second-order valence-electron chi connectivity index (χ2n) is 3.24. The molecule has 2 aromatic rings. The molecule has 2 rings (SSSR count). The number of para-hydroxylation sites is 1. The molecular weight excluding hydrogens is 316 g/mol. The number of hydrogen-bond donors (Lipinski definition) is 2. The second kappa shape index (κ2) is 6.03. The van der Waals surface area contributed by atoms with Crippen LogP contribution in [0.15, 0.2) is 40.0 Å². The number of ether oxygens (including phenoxy) is 1. The molecule has 94 valence electrons. The topological polar surface area (TPSA) is 73.1 Å². The lowest BCUT2D eigenvalue weighted by Crippen LogP contribution is -2.09. The molecule has 1 heterocycles. The lowest BCUT2D eigenvalue weighted by atomic mass is 10.3. The van der Waals surface area contributed by atoms with Gasteiger partial charge in [-0.05, 0) is 34.3 Å². The molecule has 0 saturated heterocycles. The summed E-state index contributed by atoms with van der Waals surface area (Å²) in [5.41, 5.74) is 2.47. The summed E-state index contributed by atoms with van der Waals surface area (Å²) < 4.78 is 6.35. The van der Waals surface area contributed by atoms with Crippen LogP contribution in [-0.4, -0.2) is 16.2 Å². The standard InChI is InChI=1S/C11H11BrN4OS/c1-18-8-5-3-2-4-7(8)17-11-9(12)10(16-13)14-6-15-11/h2-6H,13H2,1H3,(H,14,15,16). The number of benzene rings is 1. The zero-order valence-corrected chi connectivity index (χ0v) is 12.0. The number of nitrogens with zero attached hydrogens (tertiary/aromatic N) is 2. The third-order valence-corrected chi connectivity index (χ3v) is 3.66. The SMILES string of the molecule is CSc1ccccc1Oc1ncnc(NN)c1Br.